The first-order valence-electron chi connectivity index (χ1n) is 9.23. The van der Waals surface area contributed by atoms with E-state index in [0.717, 1.165) is 11.3 Å². The van der Waals surface area contributed by atoms with Crippen molar-refractivity contribution in [1.82, 2.24) is 15.3 Å². The van der Waals surface area contributed by atoms with Gasteiger partial charge in [0, 0.05) is 31.0 Å². The Morgan fingerprint density at radius 3 is 2.57 bits per heavy atom. The lowest BCUT2D eigenvalue weighted by atomic mass is 10.2. The highest BCUT2D eigenvalue weighted by molar-refractivity contribution is 5.99. The molecule has 3 N–H and O–H groups in total. The molecule has 8 nitrogen and oxygen atoms in total. The minimum atomic E-state index is -0.292. The number of hydrogen-bond acceptors (Lipinski definition) is 5. The number of urea groups is 1. The van der Waals surface area contributed by atoms with Crippen LogP contribution in [0.3, 0.4) is 0 Å². The molecule has 3 amide bonds. The number of carbonyl (C=O) groups is 2. The van der Waals surface area contributed by atoms with E-state index in [9.17, 15) is 9.59 Å². The topological polar surface area (TPSA) is 99.2 Å². The van der Waals surface area contributed by atoms with Crippen molar-refractivity contribution in [1.29, 1.82) is 0 Å². The molecule has 3 rings (SSSR count). The molecule has 0 atom stereocenters. The summed E-state index contributed by atoms with van der Waals surface area (Å²) in [5.41, 5.74) is 2.35. The number of carbonyl (C=O) groups excluding carboxylic acids is 2. The summed E-state index contributed by atoms with van der Waals surface area (Å²) in [6.45, 7) is 3.86. The number of rotatable bonds is 7. The van der Waals surface area contributed by atoms with Gasteiger partial charge >= 0.3 is 6.03 Å². The standard InChI is InChI=1S/C22H22N6O2/c1-3-21(29)27-18-11-7-10-17(12-18)26-19-13-20(25-15-24-19)28(2)22(30)23-14-16-8-5-4-6-9-16/h3-13,15H,1,14H2,2H3,(H,23,30)(H,27,29)(H,24,25,26). The first-order valence-corrected chi connectivity index (χ1v) is 9.23. The van der Waals surface area contributed by atoms with Gasteiger partial charge in [0.25, 0.3) is 0 Å². The Labute approximate surface area is 174 Å². The maximum atomic E-state index is 12.4. The van der Waals surface area contributed by atoms with E-state index in [1.807, 2.05) is 36.4 Å². The predicted molar refractivity (Wildman–Crippen MR) is 118 cm³/mol. The molecule has 3 aromatic rings. The highest BCUT2D eigenvalue weighted by atomic mass is 16.2. The molecular formula is C22H22N6O2. The quantitative estimate of drug-likeness (QED) is 0.524. The molecule has 0 unspecified atom stereocenters. The van der Waals surface area contributed by atoms with E-state index in [-0.39, 0.29) is 11.9 Å². The molecule has 1 heterocycles. The van der Waals surface area contributed by atoms with Gasteiger partial charge in [-0.3, -0.25) is 9.69 Å². The number of nitrogens with one attached hydrogen (secondary N) is 3. The zero-order valence-electron chi connectivity index (χ0n) is 16.5. The Hall–Kier alpha value is -4.20. The normalized spacial score (nSPS) is 10.0. The molecule has 0 aliphatic heterocycles. The molecule has 0 radical (unpaired) electrons. The lowest BCUT2D eigenvalue weighted by molar-refractivity contribution is -0.111. The molecule has 0 bridgehead atoms. The smallest absolute Gasteiger partial charge is 0.323 e. The van der Waals surface area contributed by atoms with Crippen molar-refractivity contribution in [2.45, 2.75) is 6.54 Å². The van der Waals surface area contributed by atoms with Crippen LogP contribution in [0.4, 0.5) is 27.8 Å². The van der Waals surface area contributed by atoms with E-state index >= 15 is 0 Å². The first kappa shape index (κ1) is 20.5. The maximum Gasteiger partial charge on any atom is 0.323 e. The minimum absolute atomic E-state index is 0.280. The summed E-state index contributed by atoms with van der Waals surface area (Å²) >= 11 is 0. The highest BCUT2D eigenvalue weighted by Crippen LogP contribution is 2.21. The van der Waals surface area contributed by atoms with Gasteiger partial charge in [-0.25, -0.2) is 14.8 Å². The number of benzene rings is 2. The van der Waals surface area contributed by atoms with Gasteiger partial charge in [0.2, 0.25) is 5.91 Å². The van der Waals surface area contributed by atoms with Gasteiger partial charge in [0.05, 0.1) is 0 Å². The number of anilines is 4. The van der Waals surface area contributed by atoms with Crippen molar-refractivity contribution in [2.24, 2.45) is 0 Å². The Morgan fingerprint density at radius 2 is 1.80 bits per heavy atom. The van der Waals surface area contributed by atoms with Gasteiger partial charge in [-0.2, -0.15) is 0 Å². The average molecular weight is 402 g/mol. The fraction of sp³-hybridized carbons (Fsp3) is 0.0909. The van der Waals surface area contributed by atoms with E-state index in [4.69, 9.17) is 0 Å². The molecule has 0 aliphatic rings. The summed E-state index contributed by atoms with van der Waals surface area (Å²) in [6, 6.07) is 18.2. The summed E-state index contributed by atoms with van der Waals surface area (Å²) in [5, 5.41) is 8.70. The summed E-state index contributed by atoms with van der Waals surface area (Å²) in [5.74, 6) is 0.656. The number of amides is 3. The largest absolute Gasteiger partial charge is 0.340 e. The monoisotopic (exact) mass is 402 g/mol. The molecule has 30 heavy (non-hydrogen) atoms. The second-order valence-electron chi connectivity index (χ2n) is 6.36. The Morgan fingerprint density at radius 1 is 1.03 bits per heavy atom. The molecule has 8 heteroatoms. The molecule has 0 spiro atoms. The Kier molecular flexibility index (Phi) is 6.73. The molecule has 0 aliphatic carbocycles. The SMILES string of the molecule is C=CC(=O)Nc1cccc(Nc2cc(N(C)C(=O)NCc3ccccc3)ncn2)c1. The fourth-order valence-electron chi connectivity index (χ4n) is 2.61. The van der Waals surface area contributed by atoms with Crippen molar-refractivity contribution >= 4 is 34.9 Å². The van der Waals surface area contributed by atoms with Crippen LogP contribution in [0, 0.1) is 0 Å². The van der Waals surface area contributed by atoms with Crippen LogP contribution >= 0.6 is 0 Å². The number of nitrogens with zero attached hydrogens (tertiary/aromatic N) is 3. The van der Waals surface area contributed by atoms with Gasteiger partial charge in [-0.05, 0) is 29.8 Å². The molecule has 0 saturated carbocycles. The number of hydrogen-bond donors (Lipinski definition) is 3. The summed E-state index contributed by atoms with van der Waals surface area (Å²) in [7, 11) is 1.64. The van der Waals surface area contributed by atoms with Crippen LogP contribution in [0.25, 0.3) is 0 Å². The molecule has 1 aromatic heterocycles. The van der Waals surface area contributed by atoms with Crippen LogP contribution in [-0.2, 0) is 11.3 Å². The minimum Gasteiger partial charge on any atom is -0.340 e. The van der Waals surface area contributed by atoms with Gasteiger partial charge in [-0.15, -0.1) is 0 Å². The number of aromatic nitrogens is 2. The fourth-order valence-corrected chi connectivity index (χ4v) is 2.61. The second kappa shape index (κ2) is 9.83. The lowest BCUT2D eigenvalue weighted by Crippen LogP contribution is -2.37. The average Bonchev–Trinajstić information content (AvgIpc) is 2.78. The molecule has 0 saturated heterocycles. The van der Waals surface area contributed by atoms with Crippen LogP contribution in [0.2, 0.25) is 0 Å². The third kappa shape index (κ3) is 5.65. The first-order chi connectivity index (χ1) is 14.5. The van der Waals surface area contributed by atoms with Crippen LogP contribution in [0.5, 0.6) is 0 Å². The second-order valence-corrected chi connectivity index (χ2v) is 6.36. The van der Waals surface area contributed by atoms with Crippen molar-refractivity contribution in [3.05, 3.63) is 85.2 Å². The highest BCUT2D eigenvalue weighted by Gasteiger charge is 2.13. The summed E-state index contributed by atoms with van der Waals surface area (Å²) in [4.78, 5) is 33.7. The maximum absolute atomic E-state index is 12.4. The Balaban J connectivity index is 1.65. The zero-order valence-corrected chi connectivity index (χ0v) is 16.5. The van der Waals surface area contributed by atoms with Crippen LogP contribution < -0.4 is 20.9 Å². The van der Waals surface area contributed by atoms with Gasteiger partial charge in [0.1, 0.15) is 18.0 Å². The predicted octanol–water partition coefficient (Wildman–Crippen LogP) is 3.69. The van der Waals surface area contributed by atoms with E-state index in [2.05, 4.69) is 32.5 Å². The van der Waals surface area contributed by atoms with Crippen molar-refractivity contribution in [3.63, 3.8) is 0 Å². The molecule has 2 aromatic carbocycles. The van der Waals surface area contributed by atoms with Crippen molar-refractivity contribution < 1.29 is 9.59 Å². The van der Waals surface area contributed by atoms with E-state index in [1.165, 1.54) is 17.3 Å². The van der Waals surface area contributed by atoms with Crippen LogP contribution in [0.15, 0.2) is 79.6 Å². The zero-order chi connectivity index (χ0) is 21.3. The van der Waals surface area contributed by atoms with Gasteiger partial charge in [-0.1, -0.05) is 43.0 Å². The van der Waals surface area contributed by atoms with Gasteiger partial charge in [0.15, 0.2) is 0 Å². The third-order valence-electron chi connectivity index (χ3n) is 4.18. The summed E-state index contributed by atoms with van der Waals surface area (Å²) < 4.78 is 0. The Bertz CT molecular complexity index is 1040. The van der Waals surface area contributed by atoms with Gasteiger partial charge < -0.3 is 16.0 Å². The third-order valence-corrected chi connectivity index (χ3v) is 4.18. The lowest BCUT2D eigenvalue weighted by Gasteiger charge is -2.18. The van der Waals surface area contributed by atoms with Crippen molar-refractivity contribution in [2.75, 3.05) is 22.6 Å². The summed E-state index contributed by atoms with van der Waals surface area (Å²) in [6.07, 6.45) is 2.58. The van der Waals surface area contributed by atoms with E-state index in [1.54, 1.807) is 31.3 Å². The molecule has 152 valence electrons. The molecular weight excluding hydrogens is 380 g/mol. The van der Waals surface area contributed by atoms with Crippen LogP contribution in [-0.4, -0.2) is 29.0 Å². The van der Waals surface area contributed by atoms with E-state index < -0.39 is 0 Å². The van der Waals surface area contributed by atoms with Crippen LogP contribution in [0.1, 0.15) is 5.56 Å². The molecule has 0 fully saturated rings. The van der Waals surface area contributed by atoms with Crippen molar-refractivity contribution in [3.8, 4) is 0 Å². The van der Waals surface area contributed by atoms with E-state index in [0.29, 0.717) is 23.9 Å².